The van der Waals surface area contributed by atoms with Crippen LogP contribution >= 0.6 is 0 Å². The van der Waals surface area contributed by atoms with Crippen LogP contribution in [0.1, 0.15) is 54.1 Å². The van der Waals surface area contributed by atoms with Gasteiger partial charge in [0.1, 0.15) is 11.4 Å². The smallest absolute Gasteiger partial charge is 0.339 e. The van der Waals surface area contributed by atoms with Gasteiger partial charge in [0.05, 0.1) is 0 Å². The maximum absolute atomic E-state index is 11.9. The van der Waals surface area contributed by atoms with Gasteiger partial charge in [0.25, 0.3) is 0 Å². The Hall–Kier alpha value is -3.60. The van der Waals surface area contributed by atoms with E-state index < -0.39 is 5.97 Å². The second-order valence-electron chi connectivity index (χ2n) is 7.75. The third-order valence-electron chi connectivity index (χ3n) is 5.40. The number of aromatic nitrogens is 1. The molecule has 0 aliphatic heterocycles. The van der Waals surface area contributed by atoms with Gasteiger partial charge in [-0.1, -0.05) is 42.5 Å². The number of hydrogen-bond donors (Lipinski definition) is 3. The Morgan fingerprint density at radius 2 is 1.97 bits per heavy atom. The van der Waals surface area contributed by atoms with Crippen molar-refractivity contribution in [1.29, 1.82) is 0 Å². The molecule has 31 heavy (non-hydrogen) atoms. The van der Waals surface area contributed by atoms with Crippen molar-refractivity contribution in [2.45, 2.75) is 32.6 Å². The first-order chi connectivity index (χ1) is 15.1. The normalized spacial score (nSPS) is 13.4. The van der Waals surface area contributed by atoms with Crippen LogP contribution in [0.2, 0.25) is 0 Å². The zero-order valence-corrected chi connectivity index (χ0v) is 17.9. The van der Waals surface area contributed by atoms with E-state index in [1.807, 2.05) is 43.3 Å². The Labute approximate surface area is 182 Å². The molecule has 1 aliphatic carbocycles. The molecule has 1 fully saturated rings. The molecule has 3 N–H and O–H groups in total. The van der Waals surface area contributed by atoms with Crippen molar-refractivity contribution in [2.75, 3.05) is 17.2 Å². The summed E-state index contributed by atoms with van der Waals surface area (Å²) in [5.41, 5.74) is 6.21. The maximum Gasteiger partial charge on any atom is 0.339 e. The highest BCUT2D eigenvalue weighted by Gasteiger charge is 2.26. The van der Waals surface area contributed by atoms with Gasteiger partial charge in [-0.2, -0.15) is 0 Å². The van der Waals surface area contributed by atoms with Gasteiger partial charge in [-0.15, -0.1) is 0 Å². The molecule has 1 heterocycles. The quantitative estimate of drug-likeness (QED) is 0.391. The molecule has 0 radical (unpaired) electrons. The molecule has 0 spiro atoms. The summed E-state index contributed by atoms with van der Waals surface area (Å²) in [5.74, 6) is -0.165. The number of hydrogen-bond acceptors (Lipinski definition) is 4. The molecular weight excluding hydrogens is 386 g/mol. The first-order valence-electron chi connectivity index (χ1n) is 10.7. The minimum absolute atomic E-state index is 0.203. The first kappa shape index (κ1) is 20.7. The number of aromatic carboxylic acids is 1. The van der Waals surface area contributed by atoms with Crippen LogP contribution in [0.25, 0.3) is 17.2 Å². The number of pyridine rings is 1. The maximum atomic E-state index is 11.9. The molecule has 5 heteroatoms. The summed E-state index contributed by atoms with van der Waals surface area (Å²) in [6.45, 7) is 4.86. The molecule has 0 atom stereocenters. The molecule has 1 saturated carbocycles. The van der Waals surface area contributed by atoms with E-state index in [2.05, 4.69) is 40.8 Å². The van der Waals surface area contributed by atoms with E-state index in [4.69, 9.17) is 0 Å². The van der Waals surface area contributed by atoms with Crippen molar-refractivity contribution >= 4 is 29.2 Å². The fourth-order valence-electron chi connectivity index (χ4n) is 3.79. The van der Waals surface area contributed by atoms with Crippen molar-refractivity contribution in [3.63, 3.8) is 0 Å². The van der Waals surface area contributed by atoms with Crippen LogP contribution in [0.15, 0.2) is 60.8 Å². The fourth-order valence-corrected chi connectivity index (χ4v) is 3.79. The van der Waals surface area contributed by atoms with Gasteiger partial charge in [-0.05, 0) is 67.5 Å². The second-order valence-corrected chi connectivity index (χ2v) is 7.75. The van der Waals surface area contributed by atoms with Gasteiger partial charge in [-0.3, -0.25) is 0 Å². The largest absolute Gasteiger partial charge is 0.478 e. The third-order valence-corrected chi connectivity index (χ3v) is 5.40. The lowest BCUT2D eigenvalue weighted by atomic mass is 9.98. The van der Waals surface area contributed by atoms with Crippen molar-refractivity contribution in [3.8, 4) is 11.1 Å². The number of nitrogens with one attached hydrogen (secondary N) is 2. The fraction of sp³-hybridized carbons (Fsp3) is 0.231. The molecule has 2 aromatic carbocycles. The summed E-state index contributed by atoms with van der Waals surface area (Å²) in [4.78, 5) is 16.4. The van der Waals surface area contributed by atoms with Crippen molar-refractivity contribution in [3.05, 3.63) is 77.5 Å². The van der Waals surface area contributed by atoms with Crippen LogP contribution < -0.4 is 10.6 Å². The SMILES string of the molecule is C/C=C\c1cc(Nc2ncc(C3CC3)cc2C(=O)O)cc(-c2ccccc2)c1NCC. The lowest BCUT2D eigenvalue weighted by Gasteiger charge is -2.18. The number of carboxylic acids is 1. The Morgan fingerprint density at radius 1 is 1.19 bits per heavy atom. The average molecular weight is 414 g/mol. The number of anilines is 3. The highest BCUT2D eigenvalue weighted by Crippen LogP contribution is 2.41. The summed E-state index contributed by atoms with van der Waals surface area (Å²) in [6, 6.07) is 16.0. The number of benzene rings is 2. The molecule has 0 amide bonds. The number of nitrogens with zero attached hydrogens (tertiary/aromatic N) is 1. The standard InChI is InChI=1S/C26H27N3O2/c1-3-8-19-13-21(15-22(24(19)27-4-2)18-9-6-5-7-10-18)29-25-23(26(30)31)14-20(16-28-25)17-11-12-17/h3,5-10,13-17,27H,4,11-12H2,1-2H3,(H,28,29)(H,30,31)/b8-3-. The number of rotatable bonds is 8. The molecule has 158 valence electrons. The van der Waals surface area contributed by atoms with Crippen LogP contribution in [0, 0.1) is 0 Å². The zero-order valence-electron chi connectivity index (χ0n) is 17.9. The van der Waals surface area contributed by atoms with E-state index in [1.54, 1.807) is 12.3 Å². The topological polar surface area (TPSA) is 74.2 Å². The van der Waals surface area contributed by atoms with Crippen molar-refractivity contribution < 1.29 is 9.90 Å². The van der Waals surface area contributed by atoms with E-state index in [0.717, 1.165) is 53.0 Å². The second kappa shape index (κ2) is 9.04. The van der Waals surface area contributed by atoms with Crippen molar-refractivity contribution in [1.82, 2.24) is 4.98 Å². The number of carboxylic acid groups (broad SMARTS) is 1. The zero-order chi connectivity index (χ0) is 21.8. The van der Waals surface area contributed by atoms with E-state index in [0.29, 0.717) is 11.7 Å². The Morgan fingerprint density at radius 3 is 2.61 bits per heavy atom. The predicted molar refractivity (Wildman–Crippen MR) is 127 cm³/mol. The molecule has 5 nitrogen and oxygen atoms in total. The highest BCUT2D eigenvalue weighted by atomic mass is 16.4. The summed E-state index contributed by atoms with van der Waals surface area (Å²) in [6.07, 6.45) is 8.06. The van der Waals surface area contributed by atoms with Crippen LogP contribution in [0.5, 0.6) is 0 Å². The van der Waals surface area contributed by atoms with Crippen LogP contribution in [0.4, 0.5) is 17.2 Å². The first-order valence-corrected chi connectivity index (χ1v) is 10.7. The molecule has 0 unspecified atom stereocenters. The molecule has 0 saturated heterocycles. The van der Waals surface area contributed by atoms with Gasteiger partial charge in [-0.25, -0.2) is 9.78 Å². The number of carbonyl (C=O) groups is 1. The third kappa shape index (κ3) is 4.61. The molecule has 1 aromatic heterocycles. The molecule has 3 aromatic rings. The summed E-state index contributed by atoms with van der Waals surface area (Å²) >= 11 is 0. The summed E-state index contributed by atoms with van der Waals surface area (Å²) in [7, 11) is 0. The lowest BCUT2D eigenvalue weighted by molar-refractivity contribution is 0.0697. The van der Waals surface area contributed by atoms with Crippen molar-refractivity contribution in [2.24, 2.45) is 0 Å². The Kier molecular flexibility index (Phi) is 6.03. The molecule has 0 bridgehead atoms. The van der Waals surface area contributed by atoms with Gasteiger partial charge in [0.2, 0.25) is 0 Å². The van der Waals surface area contributed by atoms with E-state index >= 15 is 0 Å². The molecule has 1 aliphatic rings. The van der Waals surface area contributed by atoms with Crippen LogP contribution in [-0.4, -0.2) is 22.6 Å². The van der Waals surface area contributed by atoms with Gasteiger partial charge in [0.15, 0.2) is 0 Å². The highest BCUT2D eigenvalue weighted by molar-refractivity contribution is 5.95. The summed E-state index contributed by atoms with van der Waals surface area (Å²) in [5, 5.41) is 16.5. The molecule has 4 rings (SSSR count). The summed E-state index contributed by atoms with van der Waals surface area (Å²) < 4.78 is 0. The number of allylic oxidation sites excluding steroid dienone is 1. The minimum atomic E-state index is -0.973. The van der Waals surface area contributed by atoms with Crippen LogP contribution in [0.3, 0.4) is 0 Å². The van der Waals surface area contributed by atoms with E-state index in [1.165, 1.54) is 0 Å². The van der Waals surface area contributed by atoms with Gasteiger partial charge < -0.3 is 15.7 Å². The van der Waals surface area contributed by atoms with Gasteiger partial charge >= 0.3 is 5.97 Å². The van der Waals surface area contributed by atoms with Crippen LogP contribution in [-0.2, 0) is 0 Å². The lowest BCUT2D eigenvalue weighted by Crippen LogP contribution is -2.07. The average Bonchev–Trinajstić information content (AvgIpc) is 3.62. The van der Waals surface area contributed by atoms with E-state index in [9.17, 15) is 9.90 Å². The molecular formula is C26H27N3O2. The Balaban J connectivity index is 1.80. The van der Waals surface area contributed by atoms with Gasteiger partial charge in [0, 0.05) is 29.7 Å². The minimum Gasteiger partial charge on any atom is -0.478 e. The monoisotopic (exact) mass is 413 g/mol. The van der Waals surface area contributed by atoms with E-state index in [-0.39, 0.29) is 5.56 Å². The Bertz CT molecular complexity index is 1120. The predicted octanol–water partition coefficient (Wildman–Crippen LogP) is 6.53.